The maximum atomic E-state index is 11.9. The molecule has 0 fully saturated rings. The molecule has 0 aliphatic rings. The fourth-order valence-corrected chi connectivity index (χ4v) is 1.51. The second-order valence-corrected chi connectivity index (χ2v) is 4.50. The highest BCUT2D eigenvalue weighted by atomic mass is 35.5. The molecule has 0 spiro atoms. The molecule has 0 saturated heterocycles. The Morgan fingerprint density at radius 1 is 1.29 bits per heavy atom. The van der Waals surface area contributed by atoms with Crippen LogP contribution in [0.2, 0.25) is 5.15 Å². The standard InChI is InChI=1S/C11H17ClN4O/c1-15(2)5-4-6-16(3)11(17)9-7-13-8-10(12)14-9/h7-8H,4-6H2,1-3H3. The van der Waals surface area contributed by atoms with Gasteiger partial charge < -0.3 is 9.80 Å². The lowest BCUT2D eigenvalue weighted by Crippen LogP contribution is -2.30. The van der Waals surface area contributed by atoms with Crippen molar-refractivity contribution in [1.82, 2.24) is 19.8 Å². The number of carbonyl (C=O) groups excluding carboxylic acids is 1. The first-order valence-corrected chi connectivity index (χ1v) is 5.76. The van der Waals surface area contributed by atoms with Gasteiger partial charge in [0.2, 0.25) is 0 Å². The highest BCUT2D eigenvalue weighted by molar-refractivity contribution is 6.29. The lowest BCUT2D eigenvalue weighted by atomic mass is 10.3. The van der Waals surface area contributed by atoms with Gasteiger partial charge in [-0.25, -0.2) is 4.98 Å². The van der Waals surface area contributed by atoms with Gasteiger partial charge in [0, 0.05) is 13.6 Å². The van der Waals surface area contributed by atoms with Crippen LogP contribution in [0.3, 0.4) is 0 Å². The van der Waals surface area contributed by atoms with Crippen molar-refractivity contribution in [3.8, 4) is 0 Å². The fourth-order valence-electron chi connectivity index (χ4n) is 1.37. The van der Waals surface area contributed by atoms with E-state index in [1.807, 2.05) is 14.1 Å². The van der Waals surface area contributed by atoms with Crippen LogP contribution < -0.4 is 0 Å². The van der Waals surface area contributed by atoms with E-state index in [2.05, 4.69) is 14.9 Å². The number of halogens is 1. The first-order chi connectivity index (χ1) is 8.00. The van der Waals surface area contributed by atoms with E-state index < -0.39 is 0 Å². The first kappa shape index (κ1) is 13.9. The third kappa shape index (κ3) is 4.66. The van der Waals surface area contributed by atoms with Gasteiger partial charge >= 0.3 is 0 Å². The molecule has 0 aliphatic carbocycles. The Morgan fingerprint density at radius 3 is 2.59 bits per heavy atom. The molecule has 0 atom stereocenters. The van der Waals surface area contributed by atoms with Gasteiger partial charge in [-0.3, -0.25) is 9.78 Å². The molecular weight excluding hydrogens is 240 g/mol. The minimum atomic E-state index is -0.154. The summed E-state index contributed by atoms with van der Waals surface area (Å²) in [5, 5.41) is 0.234. The Kier molecular flexibility index (Phi) is 5.31. The monoisotopic (exact) mass is 256 g/mol. The molecular formula is C11H17ClN4O. The van der Waals surface area contributed by atoms with Gasteiger partial charge in [-0.15, -0.1) is 0 Å². The van der Waals surface area contributed by atoms with Crippen LogP contribution in [-0.4, -0.2) is 59.9 Å². The number of rotatable bonds is 5. The van der Waals surface area contributed by atoms with Gasteiger partial charge in [0.15, 0.2) is 0 Å². The summed E-state index contributed by atoms with van der Waals surface area (Å²) in [6.07, 6.45) is 3.75. The fraction of sp³-hybridized carbons (Fsp3) is 0.545. The van der Waals surface area contributed by atoms with E-state index in [0.717, 1.165) is 13.0 Å². The van der Waals surface area contributed by atoms with Crippen LogP contribution in [0.1, 0.15) is 16.9 Å². The predicted molar refractivity (Wildman–Crippen MR) is 67.2 cm³/mol. The summed E-state index contributed by atoms with van der Waals surface area (Å²) < 4.78 is 0. The second-order valence-electron chi connectivity index (χ2n) is 4.11. The van der Waals surface area contributed by atoms with Crippen LogP contribution in [-0.2, 0) is 0 Å². The van der Waals surface area contributed by atoms with Gasteiger partial charge in [-0.05, 0) is 27.1 Å². The van der Waals surface area contributed by atoms with E-state index >= 15 is 0 Å². The molecule has 1 aromatic rings. The molecule has 6 heteroatoms. The molecule has 1 heterocycles. The van der Waals surface area contributed by atoms with Crippen LogP contribution in [0.4, 0.5) is 0 Å². The number of amides is 1. The summed E-state index contributed by atoms with van der Waals surface area (Å²) in [5.74, 6) is -0.154. The minimum absolute atomic E-state index is 0.154. The number of carbonyl (C=O) groups is 1. The van der Waals surface area contributed by atoms with Gasteiger partial charge in [0.05, 0.1) is 12.4 Å². The van der Waals surface area contributed by atoms with E-state index in [1.54, 1.807) is 11.9 Å². The van der Waals surface area contributed by atoms with Crippen LogP contribution in [0.5, 0.6) is 0 Å². The van der Waals surface area contributed by atoms with E-state index in [1.165, 1.54) is 12.4 Å². The van der Waals surface area contributed by atoms with Gasteiger partial charge in [-0.2, -0.15) is 0 Å². The van der Waals surface area contributed by atoms with Crippen molar-refractivity contribution < 1.29 is 4.79 Å². The Labute approximate surface area is 106 Å². The Hall–Kier alpha value is -1.20. The minimum Gasteiger partial charge on any atom is -0.340 e. The first-order valence-electron chi connectivity index (χ1n) is 5.38. The zero-order valence-electron chi connectivity index (χ0n) is 10.4. The Bertz CT molecular complexity index is 383. The molecule has 0 aromatic carbocycles. The van der Waals surface area contributed by atoms with E-state index in [0.29, 0.717) is 6.54 Å². The molecule has 5 nitrogen and oxygen atoms in total. The average molecular weight is 257 g/mol. The maximum Gasteiger partial charge on any atom is 0.273 e. The summed E-state index contributed by atoms with van der Waals surface area (Å²) in [6, 6.07) is 0. The lowest BCUT2D eigenvalue weighted by Gasteiger charge is -2.17. The maximum absolute atomic E-state index is 11.9. The largest absolute Gasteiger partial charge is 0.340 e. The number of nitrogens with zero attached hydrogens (tertiary/aromatic N) is 4. The van der Waals surface area contributed by atoms with Gasteiger partial charge in [-0.1, -0.05) is 11.6 Å². The molecule has 17 heavy (non-hydrogen) atoms. The molecule has 0 bridgehead atoms. The molecule has 1 amide bonds. The third-order valence-electron chi connectivity index (χ3n) is 2.27. The third-order valence-corrected chi connectivity index (χ3v) is 2.45. The molecule has 1 rings (SSSR count). The number of hydrogen-bond acceptors (Lipinski definition) is 4. The van der Waals surface area contributed by atoms with Crippen molar-refractivity contribution in [2.45, 2.75) is 6.42 Å². The zero-order valence-corrected chi connectivity index (χ0v) is 11.1. The highest BCUT2D eigenvalue weighted by Crippen LogP contribution is 2.05. The van der Waals surface area contributed by atoms with Gasteiger partial charge in [0.25, 0.3) is 5.91 Å². The van der Waals surface area contributed by atoms with E-state index in [-0.39, 0.29) is 16.8 Å². The quantitative estimate of drug-likeness (QED) is 0.793. The van der Waals surface area contributed by atoms with Gasteiger partial charge in [0.1, 0.15) is 10.8 Å². The van der Waals surface area contributed by atoms with Crippen LogP contribution in [0, 0.1) is 0 Å². The van der Waals surface area contributed by atoms with Crippen molar-refractivity contribution in [2.24, 2.45) is 0 Å². The highest BCUT2D eigenvalue weighted by Gasteiger charge is 2.13. The SMILES string of the molecule is CN(C)CCCN(C)C(=O)c1cncc(Cl)n1. The smallest absolute Gasteiger partial charge is 0.273 e. The Balaban J connectivity index is 2.52. The molecule has 0 N–H and O–H groups in total. The van der Waals surface area contributed by atoms with Crippen molar-refractivity contribution in [3.63, 3.8) is 0 Å². The molecule has 0 radical (unpaired) electrons. The molecule has 1 aromatic heterocycles. The van der Waals surface area contributed by atoms with E-state index in [4.69, 9.17) is 11.6 Å². The van der Waals surface area contributed by atoms with Crippen LogP contribution >= 0.6 is 11.6 Å². The lowest BCUT2D eigenvalue weighted by molar-refractivity contribution is 0.0784. The van der Waals surface area contributed by atoms with Crippen LogP contribution in [0.25, 0.3) is 0 Å². The normalized spacial score (nSPS) is 10.6. The Morgan fingerprint density at radius 2 is 2.00 bits per heavy atom. The summed E-state index contributed by atoms with van der Waals surface area (Å²) in [6.45, 7) is 1.63. The summed E-state index contributed by atoms with van der Waals surface area (Å²) in [4.78, 5) is 23.4. The average Bonchev–Trinajstić information content (AvgIpc) is 2.27. The molecule has 94 valence electrons. The van der Waals surface area contributed by atoms with Crippen LogP contribution in [0.15, 0.2) is 12.4 Å². The van der Waals surface area contributed by atoms with Crippen molar-refractivity contribution in [3.05, 3.63) is 23.2 Å². The molecule has 0 saturated carbocycles. The second kappa shape index (κ2) is 6.51. The summed E-state index contributed by atoms with van der Waals surface area (Å²) in [5.41, 5.74) is 0.282. The van der Waals surface area contributed by atoms with Crippen molar-refractivity contribution >= 4 is 17.5 Å². The topological polar surface area (TPSA) is 49.3 Å². The zero-order chi connectivity index (χ0) is 12.8. The van der Waals surface area contributed by atoms with Crippen molar-refractivity contribution in [2.75, 3.05) is 34.2 Å². The molecule has 0 aliphatic heterocycles. The number of hydrogen-bond donors (Lipinski definition) is 0. The summed E-state index contributed by atoms with van der Waals surface area (Å²) >= 11 is 5.69. The predicted octanol–water partition coefficient (Wildman–Crippen LogP) is 1.15. The summed E-state index contributed by atoms with van der Waals surface area (Å²) in [7, 11) is 5.76. The number of aromatic nitrogens is 2. The van der Waals surface area contributed by atoms with E-state index in [9.17, 15) is 4.79 Å². The molecule has 0 unspecified atom stereocenters. The van der Waals surface area contributed by atoms with Crippen molar-refractivity contribution in [1.29, 1.82) is 0 Å².